The summed E-state index contributed by atoms with van der Waals surface area (Å²) in [5.41, 5.74) is 2.45. The van der Waals surface area contributed by atoms with Crippen molar-refractivity contribution in [3.63, 3.8) is 0 Å². The number of hydrogen-bond donors (Lipinski definition) is 2. The highest BCUT2D eigenvalue weighted by Gasteiger charge is 2.12. The second-order valence-electron chi connectivity index (χ2n) is 4.77. The van der Waals surface area contributed by atoms with Crippen molar-refractivity contribution in [3.05, 3.63) is 66.1 Å². The van der Waals surface area contributed by atoms with Crippen LogP contribution in [-0.2, 0) is 0 Å². The predicted molar refractivity (Wildman–Crippen MR) is 82.8 cm³/mol. The summed E-state index contributed by atoms with van der Waals surface area (Å²) >= 11 is 0. The highest BCUT2D eigenvalue weighted by atomic mass is 16.4. The monoisotopic (exact) mass is 294 g/mol. The molecule has 0 aliphatic carbocycles. The van der Waals surface area contributed by atoms with E-state index < -0.39 is 5.97 Å². The average Bonchev–Trinajstić information content (AvgIpc) is 2.89. The lowest BCUT2D eigenvalue weighted by molar-refractivity contribution is 0.0698. The second kappa shape index (κ2) is 5.69. The van der Waals surface area contributed by atoms with E-state index in [1.54, 1.807) is 4.68 Å². The van der Waals surface area contributed by atoms with Gasteiger partial charge in [0.05, 0.1) is 23.1 Å². The van der Waals surface area contributed by atoms with Crippen molar-refractivity contribution in [2.24, 2.45) is 0 Å². The maximum atomic E-state index is 11.2. The number of carbonyl (C=O) groups is 1. The minimum Gasteiger partial charge on any atom is -0.478 e. The molecule has 6 nitrogen and oxygen atoms in total. The number of aryl methyl sites for hydroxylation is 1. The number of benzene rings is 1. The number of anilines is 2. The molecule has 2 heterocycles. The van der Waals surface area contributed by atoms with Gasteiger partial charge in [0.25, 0.3) is 0 Å². The second-order valence-corrected chi connectivity index (χ2v) is 4.77. The smallest absolute Gasteiger partial charge is 0.337 e. The zero-order valence-electron chi connectivity index (χ0n) is 11.9. The standard InChI is InChI=1S/C16H14N4O2/c1-11-9-15(19-20(11)12-5-3-2-4-6-12)18-14-10-17-8-7-13(14)16(21)22/h2-10H,1H3,(H,18,19)(H,21,22). The van der Waals surface area contributed by atoms with E-state index in [-0.39, 0.29) is 5.56 Å². The summed E-state index contributed by atoms with van der Waals surface area (Å²) in [7, 11) is 0. The van der Waals surface area contributed by atoms with Crippen molar-refractivity contribution in [3.8, 4) is 5.69 Å². The minimum absolute atomic E-state index is 0.155. The Labute approximate surface area is 127 Å². The van der Waals surface area contributed by atoms with E-state index in [2.05, 4.69) is 15.4 Å². The van der Waals surface area contributed by atoms with Crippen LogP contribution in [0, 0.1) is 6.92 Å². The van der Waals surface area contributed by atoms with Crippen LogP contribution in [0.1, 0.15) is 16.1 Å². The average molecular weight is 294 g/mol. The Morgan fingerprint density at radius 2 is 2.00 bits per heavy atom. The first-order valence-corrected chi connectivity index (χ1v) is 6.71. The molecule has 0 atom stereocenters. The first-order chi connectivity index (χ1) is 10.6. The van der Waals surface area contributed by atoms with Gasteiger partial charge in [-0.1, -0.05) is 18.2 Å². The molecule has 2 N–H and O–H groups in total. The van der Waals surface area contributed by atoms with Crippen LogP contribution >= 0.6 is 0 Å². The Morgan fingerprint density at radius 3 is 2.73 bits per heavy atom. The van der Waals surface area contributed by atoms with Gasteiger partial charge in [-0.3, -0.25) is 4.98 Å². The largest absolute Gasteiger partial charge is 0.478 e. The molecule has 0 aliphatic heterocycles. The van der Waals surface area contributed by atoms with E-state index in [4.69, 9.17) is 0 Å². The Kier molecular flexibility index (Phi) is 3.57. The maximum Gasteiger partial charge on any atom is 0.337 e. The van der Waals surface area contributed by atoms with Gasteiger partial charge in [-0.15, -0.1) is 5.10 Å². The quantitative estimate of drug-likeness (QED) is 0.773. The van der Waals surface area contributed by atoms with Crippen LogP contribution in [0.5, 0.6) is 0 Å². The summed E-state index contributed by atoms with van der Waals surface area (Å²) in [6.45, 7) is 1.94. The van der Waals surface area contributed by atoms with Crippen LogP contribution in [0.15, 0.2) is 54.9 Å². The number of pyridine rings is 1. The fourth-order valence-corrected chi connectivity index (χ4v) is 2.18. The number of nitrogens with zero attached hydrogens (tertiary/aromatic N) is 3. The molecule has 0 saturated carbocycles. The van der Waals surface area contributed by atoms with Gasteiger partial charge in [-0.05, 0) is 25.1 Å². The van der Waals surface area contributed by atoms with Crippen LogP contribution in [0.2, 0.25) is 0 Å². The summed E-state index contributed by atoms with van der Waals surface area (Å²) in [6, 6.07) is 13.0. The molecule has 110 valence electrons. The van der Waals surface area contributed by atoms with E-state index in [1.807, 2.05) is 43.3 Å². The first-order valence-electron chi connectivity index (χ1n) is 6.71. The van der Waals surface area contributed by atoms with Crippen molar-refractivity contribution in [2.75, 3.05) is 5.32 Å². The van der Waals surface area contributed by atoms with Gasteiger partial charge < -0.3 is 10.4 Å². The molecule has 0 radical (unpaired) electrons. The number of aromatic carboxylic acids is 1. The van der Waals surface area contributed by atoms with Crippen LogP contribution in [0.25, 0.3) is 5.69 Å². The number of para-hydroxylation sites is 1. The number of nitrogens with one attached hydrogen (secondary N) is 1. The van der Waals surface area contributed by atoms with Crippen LogP contribution < -0.4 is 5.32 Å². The van der Waals surface area contributed by atoms with Crippen molar-refractivity contribution in [1.82, 2.24) is 14.8 Å². The Hall–Kier alpha value is -3.15. The molecule has 2 aromatic heterocycles. The van der Waals surface area contributed by atoms with E-state index >= 15 is 0 Å². The summed E-state index contributed by atoms with van der Waals surface area (Å²) in [4.78, 5) is 15.2. The lowest BCUT2D eigenvalue weighted by Gasteiger charge is -2.06. The van der Waals surface area contributed by atoms with E-state index in [9.17, 15) is 9.90 Å². The number of rotatable bonds is 4. The third-order valence-electron chi connectivity index (χ3n) is 3.20. The number of aromatic nitrogens is 3. The highest BCUT2D eigenvalue weighted by molar-refractivity contribution is 5.94. The first kappa shape index (κ1) is 13.8. The van der Waals surface area contributed by atoms with Crippen molar-refractivity contribution >= 4 is 17.5 Å². The number of hydrogen-bond acceptors (Lipinski definition) is 4. The number of carboxylic acid groups (broad SMARTS) is 1. The normalized spacial score (nSPS) is 10.4. The lowest BCUT2D eigenvalue weighted by atomic mass is 10.2. The van der Waals surface area contributed by atoms with Crippen molar-refractivity contribution < 1.29 is 9.90 Å². The molecular formula is C16H14N4O2. The van der Waals surface area contributed by atoms with Gasteiger partial charge in [-0.2, -0.15) is 0 Å². The Balaban J connectivity index is 1.94. The Bertz CT molecular complexity index is 812. The third-order valence-corrected chi connectivity index (χ3v) is 3.20. The van der Waals surface area contributed by atoms with Crippen LogP contribution in [-0.4, -0.2) is 25.8 Å². The van der Waals surface area contributed by atoms with Crippen LogP contribution in [0.3, 0.4) is 0 Å². The van der Waals surface area contributed by atoms with Gasteiger partial charge in [0.1, 0.15) is 0 Å². The molecule has 0 saturated heterocycles. The summed E-state index contributed by atoms with van der Waals surface area (Å²) in [6.07, 6.45) is 2.92. The fourth-order valence-electron chi connectivity index (χ4n) is 2.18. The zero-order chi connectivity index (χ0) is 15.5. The zero-order valence-corrected chi connectivity index (χ0v) is 11.9. The van der Waals surface area contributed by atoms with Crippen molar-refractivity contribution in [1.29, 1.82) is 0 Å². The SMILES string of the molecule is Cc1cc(Nc2cnccc2C(=O)O)nn1-c1ccccc1. The molecule has 3 rings (SSSR count). The molecule has 0 fully saturated rings. The van der Waals surface area contributed by atoms with Crippen molar-refractivity contribution in [2.45, 2.75) is 6.92 Å². The predicted octanol–water partition coefficient (Wildman–Crippen LogP) is 3.02. The molecule has 0 aliphatic rings. The van der Waals surface area contributed by atoms with Gasteiger partial charge in [0, 0.05) is 18.0 Å². The number of carboxylic acids is 1. The molecule has 6 heteroatoms. The maximum absolute atomic E-state index is 11.2. The minimum atomic E-state index is -1.01. The Morgan fingerprint density at radius 1 is 1.23 bits per heavy atom. The van der Waals surface area contributed by atoms with E-state index in [1.165, 1.54) is 18.5 Å². The molecule has 0 unspecified atom stereocenters. The molecular weight excluding hydrogens is 280 g/mol. The lowest BCUT2D eigenvalue weighted by Crippen LogP contribution is -2.04. The van der Waals surface area contributed by atoms with E-state index in [0.29, 0.717) is 11.5 Å². The van der Waals surface area contributed by atoms with Crippen LogP contribution in [0.4, 0.5) is 11.5 Å². The third kappa shape index (κ3) is 2.67. The molecule has 0 amide bonds. The topological polar surface area (TPSA) is 80.0 Å². The molecule has 3 aromatic rings. The van der Waals surface area contributed by atoms with Gasteiger partial charge in [0.15, 0.2) is 5.82 Å². The molecule has 22 heavy (non-hydrogen) atoms. The molecule has 1 aromatic carbocycles. The summed E-state index contributed by atoms with van der Waals surface area (Å²) in [5, 5.41) is 16.7. The molecule has 0 spiro atoms. The fraction of sp³-hybridized carbons (Fsp3) is 0.0625. The summed E-state index contributed by atoms with van der Waals surface area (Å²) in [5.74, 6) is -0.444. The van der Waals surface area contributed by atoms with E-state index in [0.717, 1.165) is 11.4 Å². The van der Waals surface area contributed by atoms with Gasteiger partial charge >= 0.3 is 5.97 Å². The van der Waals surface area contributed by atoms with Gasteiger partial charge in [-0.25, -0.2) is 9.48 Å². The molecule has 0 bridgehead atoms. The van der Waals surface area contributed by atoms with Gasteiger partial charge in [0.2, 0.25) is 0 Å². The highest BCUT2D eigenvalue weighted by Crippen LogP contribution is 2.21. The summed E-state index contributed by atoms with van der Waals surface area (Å²) < 4.78 is 1.79.